The number of carboxylic acids is 1. The van der Waals surface area contributed by atoms with Gasteiger partial charge in [-0.15, -0.1) is 0 Å². The molecular weight excluding hydrogens is 400 g/mol. The topological polar surface area (TPSA) is 86.7 Å². The number of hydrogen-bond acceptors (Lipinski definition) is 5. The summed E-state index contributed by atoms with van der Waals surface area (Å²) in [7, 11) is 0. The van der Waals surface area contributed by atoms with Crippen molar-refractivity contribution in [2.45, 2.75) is 115 Å². The molecule has 1 amide bonds. The highest BCUT2D eigenvalue weighted by Gasteiger charge is 2.33. The average molecular weight is 441 g/mol. The first-order valence-corrected chi connectivity index (χ1v) is 12.9. The van der Waals surface area contributed by atoms with Gasteiger partial charge in [-0.05, 0) is 44.9 Å². The van der Waals surface area contributed by atoms with Crippen molar-refractivity contribution in [1.29, 1.82) is 0 Å². The van der Waals surface area contributed by atoms with Gasteiger partial charge in [0.15, 0.2) is 5.12 Å². The first-order chi connectivity index (χ1) is 14.5. The number of hydrogen-bond donors (Lipinski definition) is 2. The van der Waals surface area contributed by atoms with Gasteiger partial charge in [-0.1, -0.05) is 50.3 Å². The van der Waals surface area contributed by atoms with Crippen molar-refractivity contribution in [1.82, 2.24) is 10.2 Å². The highest BCUT2D eigenvalue weighted by Crippen LogP contribution is 2.22. The molecule has 0 unspecified atom stereocenters. The van der Waals surface area contributed by atoms with Gasteiger partial charge in [-0.2, -0.15) is 0 Å². The monoisotopic (exact) mass is 440 g/mol. The average Bonchev–Trinajstić information content (AvgIpc) is 3.23. The van der Waals surface area contributed by atoms with Gasteiger partial charge in [0.05, 0.1) is 0 Å². The van der Waals surface area contributed by atoms with E-state index in [1.165, 1.54) is 87.8 Å². The van der Waals surface area contributed by atoms with Gasteiger partial charge in [0.25, 0.3) is 0 Å². The molecule has 0 radical (unpaired) electrons. The van der Waals surface area contributed by atoms with Gasteiger partial charge in [-0.3, -0.25) is 9.59 Å². The van der Waals surface area contributed by atoms with Crippen LogP contribution in [0.3, 0.4) is 0 Å². The first kappa shape index (κ1) is 25.2. The molecule has 30 heavy (non-hydrogen) atoms. The molecule has 1 atom stereocenters. The summed E-state index contributed by atoms with van der Waals surface area (Å²) >= 11 is 1.20. The lowest BCUT2D eigenvalue weighted by Gasteiger charge is -2.30. The number of nitrogens with one attached hydrogen (secondary N) is 1. The van der Waals surface area contributed by atoms with E-state index in [1.807, 2.05) is 0 Å². The van der Waals surface area contributed by atoms with Gasteiger partial charge in [0.2, 0.25) is 5.91 Å². The molecule has 0 bridgehead atoms. The Kier molecular flexibility index (Phi) is 11.8. The minimum absolute atomic E-state index is 0.0435. The number of likely N-dealkylation sites (tertiary alicyclic amines) is 1. The Morgan fingerprint density at radius 3 is 1.97 bits per heavy atom. The zero-order valence-corrected chi connectivity index (χ0v) is 19.4. The van der Waals surface area contributed by atoms with Gasteiger partial charge < -0.3 is 15.3 Å². The van der Waals surface area contributed by atoms with E-state index in [4.69, 9.17) is 5.11 Å². The normalized spacial score (nSPS) is 23.0. The zero-order valence-electron chi connectivity index (χ0n) is 18.6. The van der Waals surface area contributed by atoms with E-state index in [2.05, 4.69) is 5.32 Å². The van der Waals surface area contributed by atoms with E-state index in [1.54, 1.807) is 0 Å². The third kappa shape index (κ3) is 9.38. The van der Waals surface area contributed by atoms with E-state index in [0.717, 1.165) is 18.5 Å². The predicted octanol–water partition coefficient (Wildman–Crippen LogP) is 4.36. The highest BCUT2D eigenvalue weighted by molar-refractivity contribution is 8.13. The third-order valence-corrected chi connectivity index (χ3v) is 7.28. The lowest BCUT2D eigenvalue weighted by atomic mass is 9.91. The van der Waals surface area contributed by atoms with Crippen molar-refractivity contribution in [3.05, 3.63) is 0 Å². The van der Waals surface area contributed by atoms with Crippen LogP contribution in [0.15, 0.2) is 0 Å². The third-order valence-electron chi connectivity index (χ3n) is 6.38. The number of nitrogens with zero attached hydrogens (tertiary/aromatic N) is 1. The Morgan fingerprint density at radius 2 is 1.47 bits per heavy atom. The molecule has 0 aromatic carbocycles. The standard InChI is InChI=1S/C12H23N.C11H17NO4S/c1-3-7-11(8-4-1)13-12-9-5-2-6-10-12;1-8(13)17-7-3-5-10(14)12-6-2-4-9(12)11(15)16/h11-13H,1-10H2;9H,2-7H2,1H3,(H,15,16)/t;9-/m.0/s1. The van der Waals surface area contributed by atoms with Crippen LogP contribution >= 0.6 is 11.8 Å². The van der Waals surface area contributed by atoms with Gasteiger partial charge in [-0.25, -0.2) is 4.79 Å². The number of carboxylic acid groups (broad SMARTS) is 1. The van der Waals surface area contributed by atoms with E-state index in [0.29, 0.717) is 31.6 Å². The Morgan fingerprint density at radius 1 is 0.900 bits per heavy atom. The van der Waals surface area contributed by atoms with Gasteiger partial charge in [0.1, 0.15) is 6.04 Å². The Balaban J connectivity index is 0.000000220. The SMILES string of the molecule is C1CCC(NC2CCCCC2)CC1.CC(=O)SCCCC(=O)N1CCC[C@H]1C(=O)O. The summed E-state index contributed by atoms with van der Waals surface area (Å²) in [4.78, 5) is 34.8. The second-order valence-electron chi connectivity index (χ2n) is 8.86. The minimum atomic E-state index is -0.922. The summed E-state index contributed by atoms with van der Waals surface area (Å²) in [6, 6.07) is 1.09. The second kappa shape index (κ2) is 14.1. The molecule has 172 valence electrons. The van der Waals surface area contributed by atoms with Crippen molar-refractivity contribution < 1.29 is 19.5 Å². The summed E-state index contributed by atoms with van der Waals surface area (Å²) in [5, 5.41) is 12.8. The van der Waals surface area contributed by atoms with Crippen molar-refractivity contribution in [2.75, 3.05) is 12.3 Å². The molecule has 1 aliphatic heterocycles. The van der Waals surface area contributed by atoms with E-state index in [9.17, 15) is 14.4 Å². The molecule has 7 heteroatoms. The van der Waals surface area contributed by atoms with Crippen molar-refractivity contribution in [3.63, 3.8) is 0 Å². The molecule has 0 aromatic heterocycles. The molecule has 2 saturated carbocycles. The number of amides is 1. The van der Waals surface area contributed by atoms with Crippen LogP contribution in [0.5, 0.6) is 0 Å². The minimum Gasteiger partial charge on any atom is -0.480 e. The fourth-order valence-electron chi connectivity index (χ4n) is 4.78. The quantitative estimate of drug-likeness (QED) is 0.572. The number of carbonyl (C=O) groups is 3. The fourth-order valence-corrected chi connectivity index (χ4v) is 5.35. The summed E-state index contributed by atoms with van der Waals surface area (Å²) in [6.07, 6.45) is 16.8. The molecule has 6 nitrogen and oxygen atoms in total. The maximum Gasteiger partial charge on any atom is 0.326 e. The van der Waals surface area contributed by atoms with E-state index in [-0.39, 0.29) is 11.0 Å². The Labute approximate surface area is 185 Å². The summed E-state index contributed by atoms with van der Waals surface area (Å²) in [5.41, 5.74) is 0. The lowest BCUT2D eigenvalue weighted by molar-refractivity contribution is -0.148. The molecule has 3 fully saturated rings. The summed E-state index contributed by atoms with van der Waals surface area (Å²) < 4.78 is 0. The molecule has 3 rings (SSSR count). The maximum atomic E-state index is 11.8. The van der Waals surface area contributed by atoms with Gasteiger partial charge in [0, 0.05) is 37.7 Å². The first-order valence-electron chi connectivity index (χ1n) is 11.9. The van der Waals surface area contributed by atoms with Crippen LogP contribution in [0.4, 0.5) is 0 Å². The number of rotatable bonds is 7. The van der Waals surface area contributed by atoms with Crippen molar-refractivity contribution >= 4 is 28.8 Å². The van der Waals surface area contributed by atoms with Crippen LogP contribution in [0.1, 0.15) is 96.8 Å². The van der Waals surface area contributed by atoms with E-state index < -0.39 is 12.0 Å². The van der Waals surface area contributed by atoms with Crippen molar-refractivity contribution in [2.24, 2.45) is 0 Å². The van der Waals surface area contributed by atoms with Crippen LogP contribution < -0.4 is 5.32 Å². The predicted molar refractivity (Wildman–Crippen MR) is 122 cm³/mol. The molecule has 1 saturated heterocycles. The molecule has 1 heterocycles. The number of thioether (sulfide) groups is 1. The highest BCUT2D eigenvalue weighted by atomic mass is 32.2. The molecule has 3 aliphatic rings. The Hall–Kier alpha value is -1.08. The molecule has 0 spiro atoms. The van der Waals surface area contributed by atoms with Crippen LogP contribution in [-0.2, 0) is 14.4 Å². The smallest absolute Gasteiger partial charge is 0.326 e. The molecular formula is C23H40N2O4S. The molecule has 2 aliphatic carbocycles. The fraction of sp³-hybridized carbons (Fsp3) is 0.870. The van der Waals surface area contributed by atoms with Crippen LogP contribution in [0.25, 0.3) is 0 Å². The zero-order chi connectivity index (χ0) is 21.8. The largest absolute Gasteiger partial charge is 0.480 e. The Bertz CT molecular complexity index is 529. The summed E-state index contributed by atoms with van der Waals surface area (Å²) in [5.74, 6) is -0.417. The summed E-state index contributed by atoms with van der Waals surface area (Å²) in [6.45, 7) is 2.03. The van der Waals surface area contributed by atoms with Gasteiger partial charge >= 0.3 is 5.97 Å². The second-order valence-corrected chi connectivity index (χ2v) is 10.1. The number of aliphatic carboxylic acids is 1. The number of carbonyl (C=O) groups excluding carboxylic acids is 2. The van der Waals surface area contributed by atoms with Crippen molar-refractivity contribution in [3.8, 4) is 0 Å². The maximum absolute atomic E-state index is 11.8. The van der Waals surface area contributed by atoms with E-state index >= 15 is 0 Å². The molecule has 2 N–H and O–H groups in total. The van der Waals surface area contributed by atoms with Crippen LogP contribution in [0.2, 0.25) is 0 Å². The van der Waals surface area contributed by atoms with Crippen LogP contribution in [-0.4, -0.2) is 57.4 Å². The van der Waals surface area contributed by atoms with Crippen LogP contribution in [0, 0.1) is 0 Å². The molecule has 0 aromatic rings. The lowest BCUT2D eigenvalue weighted by Crippen LogP contribution is -2.40.